The number of rotatable bonds is 3. The summed E-state index contributed by atoms with van der Waals surface area (Å²) in [6.07, 6.45) is 1.50. The van der Waals surface area contributed by atoms with Gasteiger partial charge >= 0.3 is 5.69 Å². The lowest BCUT2D eigenvalue weighted by atomic mass is 9.90. The highest BCUT2D eigenvalue weighted by atomic mass is 35.5. The topological polar surface area (TPSA) is 68.9 Å². The fourth-order valence-corrected chi connectivity index (χ4v) is 1.27. The van der Waals surface area contributed by atoms with Crippen molar-refractivity contribution in [3.05, 3.63) is 34.2 Å². The number of halogens is 1. The number of hydrogen-bond donors (Lipinski definition) is 0. The zero-order valence-electron chi connectivity index (χ0n) is 8.53. The highest BCUT2D eigenvalue weighted by molar-refractivity contribution is 6.28. The van der Waals surface area contributed by atoms with E-state index in [9.17, 15) is 10.1 Å². The summed E-state index contributed by atoms with van der Waals surface area (Å²) < 4.78 is 0. The van der Waals surface area contributed by atoms with Crippen LogP contribution >= 0.6 is 11.6 Å². The van der Waals surface area contributed by atoms with Crippen LogP contribution in [0.5, 0.6) is 0 Å². The zero-order valence-corrected chi connectivity index (χ0v) is 9.28. The number of hydrogen-bond acceptors (Lipinski definition) is 4. The van der Waals surface area contributed by atoms with E-state index >= 15 is 0 Å². The Hall–Kier alpha value is -1.23. The van der Waals surface area contributed by atoms with Crippen LogP contribution in [0.2, 0.25) is 5.28 Å². The zero-order chi connectivity index (χ0) is 11.6. The minimum Gasteiger partial charge on any atom is -0.258 e. The Morgan fingerprint density at radius 1 is 1.67 bits per heavy atom. The molecule has 6 heteroatoms. The van der Waals surface area contributed by atoms with Crippen LogP contribution in [0.15, 0.2) is 6.20 Å². The van der Waals surface area contributed by atoms with E-state index in [1.807, 2.05) is 13.8 Å². The molecule has 0 aliphatic rings. The first kappa shape index (κ1) is 11.8. The molecule has 1 radical (unpaired) electrons. The molecule has 5 nitrogen and oxygen atoms in total. The molecule has 1 rings (SSSR count). The molecule has 0 unspecified atom stereocenters. The average Bonchev–Trinajstić information content (AvgIpc) is 1.99. The summed E-state index contributed by atoms with van der Waals surface area (Å²) in [5.41, 5.74) is -0.126. The van der Waals surface area contributed by atoms with Crippen molar-refractivity contribution in [3.8, 4) is 0 Å². The molecule has 0 atom stereocenters. The van der Waals surface area contributed by atoms with Crippen LogP contribution in [0.3, 0.4) is 0 Å². The Bertz CT molecular complexity index is 387. The first-order chi connectivity index (χ1) is 6.79. The molecule has 0 aliphatic carbocycles. The van der Waals surface area contributed by atoms with Gasteiger partial charge in [-0.3, -0.25) is 10.1 Å². The van der Waals surface area contributed by atoms with E-state index in [0.29, 0.717) is 12.1 Å². The van der Waals surface area contributed by atoms with Crippen LogP contribution < -0.4 is 0 Å². The van der Waals surface area contributed by atoms with Gasteiger partial charge in [0.05, 0.1) is 4.92 Å². The molecule has 0 N–H and O–H groups in total. The lowest BCUT2D eigenvalue weighted by Gasteiger charge is -2.16. The Balaban J connectivity index is 3.13. The third-order valence-electron chi connectivity index (χ3n) is 1.66. The van der Waals surface area contributed by atoms with Crippen molar-refractivity contribution in [2.75, 3.05) is 0 Å². The van der Waals surface area contributed by atoms with Gasteiger partial charge in [-0.2, -0.15) is 0 Å². The molecule has 0 spiro atoms. The molecule has 1 heterocycles. The normalized spacial score (nSPS) is 11.5. The third-order valence-corrected chi connectivity index (χ3v) is 1.84. The van der Waals surface area contributed by atoms with Crippen LogP contribution in [0.25, 0.3) is 0 Å². The minimum absolute atomic E-state index is 0.0138. The van der Waals surface area contributed by atoms with E-state index in [0.717, 1.165) is 6.20 Å². The van der Waals surface area contributed by atoms with Crippen LogP contribution in [0, 0.1) is 22.5 Å². The van der Waals surface area contributed by atoms with Crippen molar-refractivity contribution in [1.82, 2.24) is 9.97 Å². The molecule has 0 aliphatic heterocycles. The van der Waals surface area contributed by atoms with Gasteiger partial charge in [0, 0.05) is 6.42 Å². The second kappa shape index (κ2) is 4.10. The fourth-order valence-electron chi connectivity index (χ4n) is 1.12. The second-order valence-corrected chi connectivity index (χ2v) is 4.41. The summed E-state index contributed by atoms with van der Waals surface area (Å²) in [7, 11) is 0. The molecular formula is C9H11ClN3O2. The molecule has 0 amide bonds. The van der Waals surface area contributed by atoms with E-state index < -0.39 is 4.92 Å². The van der Waals surface area contributed by atoms with Crippen molar-refractivity contribution in [3.63, 3.8) is 0 Å². The SMILES string of the molecule is [CH2]C(C)(C)Cc1nc(Cl)ncc1[N+](=O)[O-]. The van der Waals surface area contributed by atoms with Gasteiger partial charge in [0.25, 0.3) is 0 Å². The quantitative estimate of drug-likeness (QED) is 0.453. The first-order valence-electron chi connectivity index (χ1n) is 4.31. The molecule has 15 heavy (non-hydrogen) atoms. The molecule has 0 aromatic carbocycles. The highest BCUT2D eigenvalue weighted by Gasteiger charge is 2.22. The van der Waals surface area contributed by atoms with E-state index in [2.05, 4.69) is 16.9 Å². The monoisotopic (exact) mass is 228 g/mol. The van der Waals surface area contributed by atoms with Gasteiger partial charge in [-0.15, -0.1) is 0 Å². The summed E-state index contributed by atoms with van der Waals surface area (Å²) in [6, 6.07) is 0. The smallest absolute Gasteiger partial charge is 0.258 e. The fraction of sp³-hybridized carbons (Fsp3) is 0.444. The Labute approximate surface area is 92.7 Å². The maximum atomic E-state index is 10.7. The van der Waals surface area contributed by atoms with Crippen molar-refractivity contribution < 1.29 is 4.92 Å². The molecule has 1 aromatic heterocycles. The molecule has 0 saturated heterocycles. The van der Waals surface area contributed by atoms with Gasteiger partial charge in [0.2, 0.25) is 5.28 Å². The van der Waals surface area contributed by atoms with Crippen molar-refractivity contribution >= 4 is 17.3 Å². The minimum atomic E-state index is -0.516. The van der Waals surface area contributed by atoms with Crippen LogP contribution in [-0.2, 0) is 6.42 Å². The maximum Gasteiger partial charge on any atom is 0.308 e. The third kappa shape index (κ3) is 3.43. The maximum absolute atomic E-state index is 10.7. The number of nitro groups is 1. The summed E-state index contributed by atoms with van der Waals surface area (Å²) in [4.78, 5) is 17.6. The predicted octanol–water partition coefficient (Wildman–Crippen LogP) is 2.44. The van der Waals surface area contributed by atoms with Crippen LogP contribution in [0.1, 0.15) is 19.5 Å². The lowest BCUT2D eigenvalue weighted by molar-refractivity contribution is -0.386. The van der Waals surface area contributed by atoms with E-state index in [4.69, 9.17) is 11.6 Å². The Morgan fingerprint density at radius 3 is 2.73 bits per heavy atom. The standard InChI is InChI=1S/C9H11ClN3O2/c1-9(2,3)4-6-7(13(14)15)5-11-8(10)12-6/h5H,1,4H2,2-3H3. The van der Waals surface area contributed by atoms with E-state index in [1.165, 1.54) is 0 Å². The molecule has 81 valence electrons. The van der Waals surface area contributed by atoms with Crippen molar-refractivity contribution in [2.45, 2.75) is 20.3 Å². The second-order valence-electron chi connectivity index (χ2n) is 4.07. The number of nitrogens with zero attached hydrogens (tertiary/aromatic N) is 3. The Kier molecular flexibility index (Phi) is 3.24. The highest BCUT2D eigenvalue weighted by Crippen LogP contribution is 2.25. The Morgan fingerprint density at radius 2 is 2.27 bits per heavy atom. The van der Waals surface area contributed by atoms with Gasteiger partial charge in [-0.05, 0) is 23.9 Å². The van der Waals surface area contributed by atoms with Gasteiger partial charge in [0.15, 0.2) is 0 Å². The van der Waals surface area contributed by atoms with E-state index in [-0.39, 0.29) is 16.4 Å². The van der Waals surface area contributed by atoms with Crippen LogP contribution in [-0.4, -0.2) is 14.9 Å². The van der Waals surface area contributed by atoms with Gasteiger partial charge in [-0.1, -0.05) is 13.8 Å². The van der Waals surface area contributed by atoms with E-state index in [1.54, 1.807) is 0 Å². The largest absolute Gasteiger partial charge is 0.308 e. The molecular weight excluding hydrogens is 218 g/mol. The van der Waals surface area contributed by atoms with Gasteiger partial charge in [0.1, 0.15) is 11.9 Å². The number of aromatic nitrogens is 2. The van der Waals surface area contributed by atoms with Crippen molar-refractivity contribution in [2.24, 2.45) is 5.41 Å². The van der Waals surface area contributed by atoms with Crippen molar-refractivity contribution in [1.29, 1.82) is 0 Å². The summed E-state index contributed by atoms with van der Waals surface area (Å²) in [6.45, 7) is 7.61. The van der Waals surface area contributed by atoms with Crippen LogP contribution in [0.4, 0.5) is 5.69 Å². The molecule has 1 aromatic rings. The summed E-state index contributed by atoms with van der Waals surface area (Å²) in [5.74, 6) is 0. The summed E-state index contributed by atoms with van der Waals surface area (Å²) >= 11 is 5.59. The molecule has 0 saturated carbocycles. The first-order valence-corrected chi connectivity index (χ1v) is 4.68. The molecule has 0 bridgehead atoms. The average molecular weight is 229 g/mol. The van der Waals surface area contributed by atoms with Gasteiger partial charge < -0.3 is 0 Å². The lowest BCUT2D eigenvalue weighted by Crippen LogP contribution is -2.13. The predicted molar refractivity (Wildman–Crippen MR) is 56.5 cm³/mol. The molecule has 0 fully saturated rings. The van der Waals surface area contributed by atoms with Gasteiger partial charge in [-0.25, -0.2) is 9.97 Å². The summed E-state index contributed by atoms with van der Waals surface area (Å²) in [5, 5.41) is 10.7.